The summed E-state index contributed by atoms with van der Waals surface area (Å²) in [5.74, 6) is 0. The second kappa shape index (κ2) is 8.50. The Kier molecular flexibility index (Phi) is 6.11. The number of hydrazone groups is 1. The largest absolute Gasteiger partial charge is 0.291 e. The Morgan fingerprint density at radius 3 is 2.54 bits per heavy atom. The lowest BCUT2D eigenvalue weighted by Gasteiger charge is -2.06. The van der Waals surface area contributed by atoms with E-state index in [4.69, 9.17) is 5.21 Å². The lowest BCUT2D eigenvalue weighted by atomic mass is 10.1. The van der Waals surface area contributed by atoms with Gasteiger partial charge in [-0.1, -0.05) is 67.3 Å². The van der Waals surface area contributed by atoms with Crippen molar-refractivity contribution in [2.45, 2.75) is 6.92 Å². The van der Waals surface area contributed by atoms with E-state index >= 15 is 0 Å². The molecule has 4 heteroatoms. The fraction of sp³-hybridized carbons (Fsp3) is 0.0500. The van der Waals surface area contributed by atoms with Crippen LogP contribution in [0.5, 0.6) is 0 Å². The first-order valence-corrected chi connectivity index (χ1v) is 7.50. The molecule has 0 bridgehead atoms. The average molecular weight is 319 g/mol. The summed E-state index contributed by atoms with van der Waals surface area (Å²) in [6.45, 7) is 9.68. The normalized spacial score (nSPS) is 10.9. The van der Waals surface area contributed by atoms with Crippen LogP contribution in [0.1, 0.15) is 22.3 Å². The van der Waals surface area contributed by atoms with Gasteiger partial charge in [0.2, 0.25) is 0 Å². The van der Waals surface area contributed by atoms with E-state index in [0.29, 0.717) is 11.4 Å². The molecule has 0 heterocycles. The van der Waals surface area contributed by atoms with Gasteiger partial charge in [-0.25, -0.2) is 0 Å². The van der Waals surface area contributed by atoms with Gasteiger partial charge in [0, 0.05) is 0 Å². The van der Waals surface area contributed by atoms with Gasteiger partial charge < -0.3 is 0 Å². The lowest BCUT2D eigenvalue weighted by Crippen LogP contribution is -2.03. The molecule has 122 valence electrons. The van der Waals surface area contributed by atoms with E-state index in [1.807, 2.05) is 67.0 Å². The first-order valence-electron chi connectivity index (χ1n) is 7.50. The van der Waals surface area contributed by atoms with Crippen LogP contribution >= 0.6 is 0 Å². The number of aryl methyl sites for hydroxylation is 1. The highest BCUT2D eigenvalue weighted by Crippen LogP contribution is 2.13. The van der Waals surface area contributed by atoms with Gasteiger partial charge in [0.05, 0.1) is 17.6 Å². The van der Waals surface area contributed by atoms with Crippen molar-refractivity contribution in [1.82, 2.24) is 10.9 Å². The molecule has 24 heavy (non-hydrogen) atoms. The van der Waals surface area contributed by atoms with Crippen molar-refractivity contribution in [2.24, 2.45) is 5.10 Å². The third-order valence-corrected chi connectivity index (χ3v) is 3.35. The van der Waals surface area contributed by atoms with Gasteiger partial charge in [-0.15, -0.1) is 0 Å². The Labute approximate surface area is 142 Å². The molecule has 0 spiro atoms. The molecule has 0 unspecified atom stereocenters. The van der Waals surface area contributed by atoms with Crippen LogP contribution in [0.15, 0.2) is 78.6 Å². The zero-order chi connectivity index (χ0) is 17.4. The molecule has 3 N–H and O–H groups in total. The van der Waals surface area contributed by atoms with E-state index in [-0.39, 0.29) is 0 Å². The number of nitrogens with zero attached hydrogens (tertiary/aromatic N) is 1. The van der Waals surface area contributed by atoms with Gasteiger partial charge in [0.15, 0.2) is 0 Å². The van der Waals surface area contributed by atoms with Crippen molar-refractivity contribution in [3.05, 3.63) is 95.7 Å². The lowest BCUT2D eigenvalue weighted by molar-refractivity contribution is 0.205. The van der Waals surface area contributed by atoms with Gasteiger partial charge >= 0.3 is 0 Å². The maximum Gasteiger partial charge on any atom is 0.0562 e. The number of nitrogens with one attached hydrogen (secondary N) is 2. The molecule has 4 nitrogen and oxygen atoms in total. The second-order valence-electron chi connectivity index (χ2n) is 5.36. The number of hydrogen-bond acceptors (Lipinski definition) is 4. The van der Waals surface area contributed by atoms with E-state index in [1.165, 1.54) is 5.56 Å². The molecular weight excluding hydrogens is 298 g/mol. The summed E-state index contributed by atoms with van der Waals surface area (Å²) >= 11 is 0. The van der Waals surface area contributed by atoms with E-state index in [1.54, 1.807) is 12.3 Å². The maximum absolute atomic E-state index is 8.72. The minimum Gasteiger partial charge on any atom is -0.291 e. The molecule has 2 aromatic rings. The zero-order valence-electron chi connectivity index (χ0n) is 13.7. The number of hydrogen-bond donors (Lipinski definition) is 3. The van der Waals surface area contributed by atoms with Crippen molar-refractivity contribution in [2.75, 3.05) is 0 Å². The molecule has 0 aliphatic heterocycles. The molecule has 0 fully saturated rings. The van der Waals surface area contributed by atoms with Crippen molar-refractivity contribution in [3.63, 3.8) is 0 Å². The van der Waals surface area contributed by atoms with Crippen LogP contribution in [-0.2, 0) is 0 Å². The van der Waals surface area contributed by atoms with E-state index in [0.717, 1.165) is 16.7 Å². The SMILES string of the molecule is C=C(/C=C/c1cccc(C(=C)N/N=C/c2ccc(C)cc2)c1)NO. The van der Waals surface area contributed by atoms with Crippen molar-refractivity contribution >= 4 is 18.0 Å². The smallest absolute Gasteiger partial charge is 0.0562 e. The molecule has 0 radical (unpaired) electrons. The van der Waals surface area contributed by atoms with Gasteiger partial charge in [-0.3, -0.25) is 16.1 Å². The summed E-state index contributed by atoms with van der Waals surface area (Å²) < 4.78 is 0. The third-order valence-electron chi connectivity index (χ3n) is 3.35. The molecule has 0 aliphatic rings. The second-order valence-corrected chi connectivity index (χ2v) is 5.36. The molecule has 0 aliphatic carbocycles. The molecule has 2 rings (SSSR count). The van der Waals surface area contributed by atoms with Crippen LogP contribution < -0.4 is 10.9 Å². The van der Waals surface area contributed by atoms with Gasteiger partial charge in [0.1, 0.15) is 0 Å². The summed E-state index contributed by atoms with van der Waals surface area (Å²) in [7, 11) is 0. The minimum atomic E-state index is 0.417. The highest BCUT2D eigenvalue weighted by atomic mass is 16.5. The topological polar surface area (TPSA) is 56.7 Å². The van der Waals surface area contributed by atoms with Crippen LogP contribution in [-0.4, -0.2) is 11.4 Å². The Hall–Kier alpha value is -3.11. The van der Waals surface area contributed by atoms with E-state index in [2.05, 4.69) is 23.7 Å². The van der Waals surface area contributed by atoms with Crippen LogP contribution in [0.25, 0.3) is 11.8 Å². The summed E-state index contributed by atoms with van der Waals surface area (Å²) in [5.41, 5.74) is 10.2. The summed E-state index contributed by atoms with van der Waals surface area (Å²) in [6.07, 6.45) is 5.29. The molecule has 0 saturated carbocycles. The van der Waals surface area contributed by atoms with Gasteiger partial charge in [0.25, 0.3) is 0 Å². The highest BCUT2D eigenvalue weighted by Gasteiger charge is 1.98. The first-order chi connectivity index (χ1) is 11.6. The van der Waals surface area contributed by atoms with Gasteiger partial charge in [-0.2, -0.15) is 5.10 Å². The van der Waals surface area contributed by atoms with Crippen LogP contribution in [0.3, 0.4) is 0 Å². The number of benzene rings is 2. The van der Waals surface area contributed by atoms with Crippen LogP contribution in [0.2, 0.25) is 0 Å². The minimum absolute atomic E-state index is 0.417. The van der Waals surface area contributed by atoms with E-state index in [9.17, 15) is 0 Å². The summed E-state index contributed by atoms with van der Waals surface area (Å²) in [5, 5.41) is 12.9. The molecule has 0 amide bonds. The Morgan fingerprint density at radius 2 is 1.83 bits per heavy atom. The van der Waals surface area contributed by atoms with E-state index < -0.39 is 0 Å². The molecule has 2 aromatic carbocycles. The van der Waals surface area contributed by atoms with Crippen LogP contribution in [0, 0.1) is 6.92 Å². The van der Waals surface area contributed by atoms with Crippen LogP contribution in [0.4, 0.5) is 0 Å². The summed E-state index contributed by atoms with van der Waals surface area (Å²) in [6, 6.07) is 15.9. The Morgan fingerprint density at radius 1 is 1.08 bits per heavy atom. The predicted molar refractivity (Wildman–Crippen MR) is 100 cm³/mol. The Balaban J connectivity index is 2.00. The Bertz CT molecular complexity index is 774. The molecule has 0 saturated heterocycles. The fourth-order valence-electron chi connectivity index (χ4n) is 1.97. The zero-order valence-corrected chi connectivity index (χ0v) is 13.7. The average Bonchev–Trinajstić information content (AvgIpc) is 2.61. The quantitative estimate of drug-likeness (QED) is 0.409. The summed E-state index contributed by atoms with van der Waals surface area (Å²) in [4.78, 5) is 0. The highest BCUT2D eigenvalue weighted by molar-refractivity contribution is 5.80. The number of hydroxylamine groups is 1. The van der Waals surface area contributed by atoms with Crippen molar-refractivity contribution < 1.29 is 5.21 Å². The van der Waals surface area contributed by atoms with Gasteiger partial charge in [-0.05, 0) is 35.8 Å². The maximum atomic E-state index is 8.72. The van der Waals surface area contributed by atoms with Crippen molar-refractivity contribution in [3.8, 4) is 0 Å². The monoisotopic (exact) mass is 319 g/mol. The molecule has 0 aromatic heterocycles. The third kappa shape index (κ3) is 5.26. The number of allylic oxidation sites excluding steroid dienone is 1. The molecular formula is C20H21N3O. The standard InChI is InChI=1S/C20H21N3O/c1-15-7-10-19(11-8-15)14-21-22-17(3)20-6-4-5-18(13-20)12-9-16(2)23-24/h4-14,22-24H,2-3H2,1H3/b12-9+,21-14+. The predicted octanol–water partition coefficient (Wildman–Crippen LogP) is 4.10. The molecule has 0 atom stereocenters. The fourth-order valence-corrected chi connectivity index (χ4v) is 1.97. The first kappa shape index (κ1) is 17.2. The number of rotatable bonds is 7. The van der Waals surface area contributed by atoms with Crippen molar-refractivity contribution in [1.29, 1.82) is 0 Å².